The Balaban J connectivity index is 1.77. The molecule has 3 rings (SSSR count). The van der Waals surface area contributed by atoms with Gasteiger partial charge in [-0.25, -0.2) is 0 Å². The van der Waals surface area contributed by atoms with E-state index in [4.69, 9.17) is 0 Å². The van der Waals surface area contributed by atoms with Crippen molar-refractivity contribution in [2.75, 3.05) is 24.5 Å². The van der Waals surface area contributed by atoms with Crippen LogP contribution in [0.2, 0.25) is 0 Å². The van der Waals surface area contributed by atoms with Gasteiger partial charge in [-0.15, -0.1) is 0 Å². The molecule has 0 aliphatic carbocycles. The molecular weight excluding hydrogens is 312 g/mol. The summed E-state index contributed by atoms with van der Waals surface area (Å²) in [7, 11) is 0. The molecule has 0 bridgehead atoms. The SMILES string of the molecule is C=C1/C=C\C=C/CN(C[C@@H](O)CN2C(=O)CC[C@@H]2C)c2ccccc21. The molecule has 0 spiro atoms. The molecule has 1 N–H and O–H groups in total. The average molecular weight is 338 g/mol. The summed E-state index contributed by atoms with van der Waals surface area (Å²) in [6, 6.07) is 8.34. The van der Waals surface area contributed by atoms with Crippen LogP contribution in [-0.2, 0) is 4.79 Å². The molecule has 1 aromatic rings. The average Bonchev–Trinajstić information content (AvgIpc) is 2.94. The molecule has 4 nitrogen and oxygen atoms in total. The molecule has 1 amide bonds. The normalized spacial score (nSPS) is 24.3. The summed E-state index contributed by atoms with van der Waals surface area (Å²) in [5.41, 5.74) is 3.08. The highest BCUT2D eigenvalue weighted by molar-refractivity contribution is 5.82. The van der Waals surface area contributed by atoms with Gasteiger partial charge >= 0.3 is 0 Å². The number of hydrogen-bond acceptors (Lipinski definition) is 3. The van der Waals surface area contributed by atoms with Crippen LogP contribution in [0.25, 0.3) is 5.57 Å². The summed E-state index contributed by atoms with van der Waals surface area (Å²) < 4.78 is 0. The minimum Gasteiger partial charge on any atom is -0.389 e. The third-order valence-corrected chi connectivity index (χ3v) is 4.93. The van der Waals surface area contributed by atoms with E-state index >= 15 is 0 Å². The molecule has 2 aliphatic heterocycles. The molecule has 2 aliphatic rings. The van der Waals surface area contributed by atoms with Crippen molar-refractivity contribution in [3.05, 3.63) is 60.7 Å². The minimum absolute atomic E-state index is 0.147. The molecular formula is C21H26N2O2. The van der Waals surface area contributed by atoms with Crippen molar-refractivity contribution in [3.63, 3.8) is 0 Å². The van der Waals surface area contributed by atoms with Gasteiger partial charge in [0.2, 0.25) is 5.91 Å². The molecule has 2 heterocycles. The van der Waals surface area contributed by atoms with Crippen LogP contribution >= 0.6 is 0 Å². The van der Waals surface area contributed by atoms with E-state index < -0.39 is 6.10 Å². The van der Waals surface area contributed by atoms with Gasteiger partial charge < -0.3 is 14.9 Å². The Bertz CT molecular complexity index is 708. The number of benzene rings is 1. The standard InChI is InChI=1S/C21H26N2O2/c1-16-8-4-3-7-13-22(20-10-6-5-9-19(16)20)14-18(24)15-23-17(2)11-12-21(23)25/h3-10,17-18,24H,1,11-15H2,2H3/b7-3-,8-4-/t17-,18+/m0/s1. The topological polar surface area (TPSA) is 43.8 Å². The van der Waals surface area contributed by atoms with E-state index in [-0.39, 0.29) is 11.9 Å². The third kappa shape index (κ3) is 4.02. The fourth-order valence-electron chi connectivity index (χ4n) is 3.52. The molecule has 1 aromatic carbocycles. The first-order valence-electron chi connectivity index (χ1n) is 8.90. The van der Waals surface area contributed by atoms with Crippen LogP contribution in [0.1, 0.15) is 25.3 Å². The summed E-state index contributed by atoms with van der Waals surface area (Å²) in [4.78, 5) is 15.9. The monoisotopic (exact) mass is 338 g/mol. The fraction of sp³-hybridized carbons (Fsp3) is 0.381. The van der Waals surface area contributed by atoms with E-state index in [9.17, 15) is 9.90 Å². The van der Waals surface area contributed by atoms with E-state index in [1.54, 1.807) is 0 Å². The number of para-hydroxylation sites is 1. The molecule has 1 saturated heterocycles. The number of amides is 1. The summed E-state index contributed by atoms with van der Waals surface area (Å²) in [6.45, 7) is 7.77. The molecule has 0 aromatic heterocycles. The largest absolute Gasteiger partial charge is 0.389 e. The van der Waals surface area contributed by atoms with Gasteiger partial charge in [-0.05, 0) is 25.0 Å². The second kappa shape index (κ2) is 7.70. The summed E-state index contributed by atoms with van der Waals surface area (Å²) in [5, 5.41) is 10.6. The Morgan fingerprint density at radius 2 is 2.08 bits per heavy atom. The molecule has 132 valence electrons. The van der Waals surface area contributed by atoms with Gasteiger partial charge in [0.05, 0.1) is 6.10 Å². The van der Waals surface area contributed by atoms with Crippen LogP contribution in [-0.4, -0.2) is 47.7 Å². The summed E-state index contributed by atoms with van der Waals surface area (Å²) >= 11 is 0. The highest BCUT2D eigenvalue weighted by atomic mass is 16.3. The maximum Gasteiger partial charge on any atom is 0.222 e. The fourth-order valence-corrected chi connectivity index (χ4v) is 3.52. The van der Waals surface area contributed by atoms with E-state index in [0.717, 1.165) is 23.2 Å². The van der Waals surface area contributed by atoms with Gasteiger partial charge in [0.1, 0.15) is 0 Å². The van der Waals surface area contributed by atoms with E-state index in [1.807, 2.05) is 42.2 Å². The zero-order valence-corrected chi connectivity index (χ0v) is 14.8. The molecule has 0 radical (unpaired) electrons. The van der Waals surface area contributed by atoms with Gasteiger partial charge in [0.25, 0.3) is 0 Å². The Morgan fingerprint density at radius 1 is 1.28 bits per heavy atom. The van der Waals surface area contributed by atoms with Crippen molar-refractivity contribution in [1.82, 2.24) is 4.90 Å². The number of anilines is 1. The number of fused-ring (bicyclic) bond motifs is 1. The lowest BCUT2D eigenvalue weighted by molar-refractivity contribution is -0.130. The first-order valence-corrected chi connectivity index (χ1v) is 8.90. The number of nitrogens with zero attached hydrogens (tertiary/aromatic N) is 2. The van der Waals surface area contributed by atoms with Crippen molar-refractivity contribution < 1.29 is 9.90 Å². The van der Waals surface area contributed by atoms with Crippen molar-refractivity contribution in [2.45, 2.75) is 31.9 Å². The van der Waals surface area contributed by atoms with Crippen molar-refractivity contribution >= 4 is 17.2 Å². The number of rotatable bonds is 4. The summed E-state index contributed by atoms with van der Waals surface area (Å²) in [5.74, 6) is 0.147. The van der Waals surface area contributed by atoms with Crippen LogP contribution in [0.5, 0.6) is 0 Å². The molecule has 1 fully saturated rings. The maximum absolute atomic E-state index is 12.0. The maximum atomic E-state index is 12.0. The van der Waals surface area contributed by atoms with E-state index in [0.29, 0.717) is 26.1 Å². The third-order valence-electron chi connectivity index (χ3n) is 4.93. The predicted molar refractivity (Wildman–Crippen MR) is 102 cm³/mol. The Kier molecular flexibility index (Phi) is 5.39. The lowest BCUT2D eigenvalue weighted by atomic mass is 10.0. The predicted octanol–water partition coefficient (Wildman–Crippen LogP) is 3.00. The number of β-amino-alcohol motifs (C(OH)–C–C–N with tert-alkyl or cyclic N) is 1. The Morgan fingerprint density at radius 3 is 2.84 bits per heavy atom. The van der Waals surface area contributed by atoms with Gasteiger partial charge in [-0.2, -0.15) is 0 Å². The number of aliphatic hydroxyl groups excluding tert-OH is 1. The van der Waals surface area contributed by atoms with Crippen LogP contribution in [0.3, 0.4) is 0 Å². The highest BCUT2D eigenvalue weighted by Gasteiger charge is 2.29. The Labute approximate surface area is 149 Å². The van der Waals surface area contributed by atoms with E-state index in [2.05, 4.69) is 29.7 Å². The number of allylic oxidation sites excluding steroid dienone is 4. The van der Waals surface area contributed by atoms with Gasteiger partial charge in [-0.3, -0.25) is 4.79 Å². The quantitative estimate of drug-likeness (QED) is 0.918. The van der Waals surface area contributed by atoms with Crippen molar-refractivity contribution in [2.24, 2.45) is 0 Å². The van der Waals surface area contributed by atoms with Gasteiger partial charge in [-0.1, -0.05) is 49.1 Å². The second-order valence-electron chi connectivity index (χ2n) is 6.82. The van der Waals surface area contributed by atoms with Crippen LogP contribution in [0.15, 0.2) is 55.1 Å². The van der Waals surface area contributed by atoms with Crippen LogP contribution in [0.4, 0.5) is 5.69 Å². The van der Waals surface area contributed by atoms with Gasteiger partial charge in [0, 0.05) is 43.3 Å². The first kappa shape index (κ1) is 17.5. The number of carbonyl (C=O) groups excluding carboxylic acids is 1. The van der Waals surface area contributed by atoms with Crippen LogP contribution in [0, 0.1) is 0 Å². The molecule has 0 unspecified atom stereocenters. The smallest absolute Gasteiger partial charge is 0.222 e. The molecule has 0 saturated carbocycles. The molecule has 25 heavy (non-hydrogen) atoms. The lowest BCUT2D eigenvalue weighted by Gasteiger charge is -2.31. The van der Waals surface area contributed by atoms with Crippen LogP contribution < -0.4 is 4.90 Å². The number of carbonyl (C=O) groups is 1. The zero-order chi connectivity index (χ0) is 17.8. The zero-order valence-electron chi connectivity index (χ0n) is 14.8. The highest BCUT2D eigenvalue weighted by Crippen LogP contribution is 2.28. The molecule has 2 atom stereocenters. The Hall–Kier alpha value is -2.33. The summed E-state index contributed by atoms with van der Waals surface area (Å²) in [6.07, 6.45) is 8.95. The van der Waals surface area contributed by atoms with E-state index in [1.165, 1.54) is 0 Å². The lowest BCUT2D eigenvalue weighted by Crippen LogP contribution is -2.43. The second-order valence-corrected chi connectivity index (χ2v) is 6.82. The van der Waals surface area contributed by atoms with Crippen molar-refractivity contribution in [3.8, 4) is 0 Å². The number of aliphatic hydroxyl groups is 1. The van der Waals surface area contributed by atoms with Crippen molar-refractivity contribution in [1.29, 1.82) is 0 Å². The first-order chi connectivity index (χ1) is 12.1. The number of likely N-dealkylation sites (tertiary alicyclic amines) is 1. The molecule has 4 heteroatoms. The number of hydrogen-bond donors (Lipinski definition) is 1. The minimum atomic E-state index is -0.590. The van der Waals surface area contributed by atoms with Gasteiger partial charge in [0.15, 0.2) is 0 Å².